The second-order valence-corrected chi connectivity index (χ2v) is 15.1. The Morgan fingerprint density at radius 1 is 1.13 bits per heavy atom. The summed E-state index contributed by atoms with van der Waals surface area (Å²) in [7, 11) is -0.730. The molecule has 0 aromatic heterocycles. The number of rotatable bonds is 5. The van der Waals surface area contributed by atoms with Crippen molar-refractivity contribution < 1.29 is 23.8 Å². The van der Waals surface area contributed by atoms with Crippen molar-refractivity contribution in [3.05, 3.63) is 47.0 Å². The van der Waals surface area contributed by atoms with Crippen LogP contribution < -0.4 is 13.9 Å². The Hall–Kier alpha value is -2.47. The van der Waals surface area contributed by atoms with Gasteiger partial charge in [0, 0.05) is 0 Å². The molecule has 168 valence electrons. The average molecular weight is 443 g/mol. The minimum absolute atomic E-state index is 0.0488. The first-order chi connectivity index (χ1) is 14.3. The monoisotopic (exact) mass is 442 g/mol. The quantitative estimate of drug-likeness (QED) is 0.446. The minimum atomic E-state index is -2.27. The van der Waals surface area contributed by atoms with Gasteiger partial charge in [-0.25, -0.2) is 0 Å². The molecule has 1 heterocycles. The number of para-hydroxylation sites is 1. The van der Waals surface area contributed by atoms with Crippen LogP contribution >= 0.6 is 0 Å². The molecule has 0 spiro atoms. The summed E-state index contributed by atoms with van der Waals surface area (Å²) in [5.41, 5.74) is 1.19. The molecule has 1 aliphatic heterocycles. The molecule has 6 heteroatoms. The SMILES string of the molecule is COc1c(C(=O)c2ccccc2O)cc2c(c1O[Si](C)(C)C(C)(C)C)OC(C)(C)CC2. The summed E-state index contributed by atoms with van der Waals surface area (Å²) < 4.78 is 18.8. The number of carbonyl (C=O) groups excluding carboxylic acids is 1. The third-order valence-electron chi connectivity index (χ3n) is 6.40. The third kappa shape index (κ3) is 4.44. The van der Waals surface area contributed by atoms with Gasteiger partial charge in [0.2, 0.25) is 5.78 Å². The van der Waals surface area contributed by atoms with E-state index in [0.717, 1.165) is 18.4 Å². The van der Waals surface area contributed by atoms with Crippen LogP contribution in [0.3, 0.4) is 0 Å². The van der Waals surface area contributed by atoms with Gasteiger partial charge in [0.05, 0.1) is 18.2 Å². The van der Waals surface area contributed by atoms with Gasteiger partial charge in [0.15, 0.2) is 17.2 Å². The fourth-order valence-electron chi connectivity index (χ4n) is 3.42. The molecule has 5 nitrogen and oxygen atoms in total. The highest BCUT2D eigenvalue weighted by molar-refractivity contribution is 6.74. The number of hydrogen-bond acceptors (Lipinski definition) is 5. The van der Waals surface area contributed by atoms with Crippen LogP contribution in [0.5, 0.6) is 23.0 Å². The molecule has 0 radical (unpaired) electrons. The molecular formula is C25H34O5Si. The maximum absolute atomic E-state index is 13.4. The third-order valence-corrected chi connectivity index (χ3v) is 10.7. The summed E-state index contributed by atoms with van der Waals surface area (Å²) in [5, 5.41) is 10.2. The highest BCUT2D eigenvalue weighted by Gasteiger charge is 2.42. The molecule has 0 bridgehead atoms. The zero-order valence-electron chi connectivity index (χ0n) is 19.9. The van der Waals surface area contributed by atoms with Crippen LogP contribution in [0, 0.1) is 0 Å². The molecule has 0 unspecified atom stereocenters. The lowest BCUT2D eigenvalue weighted by atomic mass is 9.91. The van der Waals surface area contributed by atoms with E-state index in [0.29, 0.717) is 22.8 Å². The maximum Gasteiger partial charge on any atom is 0.250 e. The second-order valence-electron chi connectivity index (χ2n) is 10.3. The number of phenols is 1. The molecule has 31 heavy (non-hydrogen) atoms. The van der Waals surface area contributed by atoms with Gasteiger partial charge in [-0.15, -0.1) is 0 Å². The van der Waals surface area contributed by atoms with Crippen molar-refractivity contribution in [1.29, 1.82) is 0 Å². The van der Waals surface area contributed by atoms with E-state index >= 15 is 0 Å². The van der Waals surface area contributed by atoms with Gasteiger partial charge >= 0.3 is 0 Å². The van der Waals surface area contributed by atoms with Gasteiger partial charge in [-0.05, 0) is 68.6 Å². The van der Waals surface area contributed by atoms with Crippen LogP contribution in [0.4, 0.5) is 0 Å². The van der Waals surface area contributed by atoms with Crippen molar-refractivity contribution in [3.63, 3.8) is 0 Å². The van der Waals surface area contributed by atoms with E-state index < -0.39 is 8.32 Å². The van der Waals surface area contributed by atoms with E-state index in [1.165, 1.54) is 13.2 Å². The number of hydrogen-bond donors (Lipinski definition) is 1. The van der Waals surface area contributed by atoms with Crippen molar-refractivity contribution in [2.24, 2.45) is 0 Å². The molecule has 1 N–H and O–H groups in total. The molecule has 0 saturated heterocycles. The lowest BCUT2D eigenvalue weighted by molar-refractivity contribution is 0.0810. The molecule has 0 amide bonds. The van der Waals surface area contributed by atoms with Gasteiger partial charge < -0.3 is 19.0 Å². The largest absolute Gasteiger partial charge is 0.539 e. The van der Waals surface area contributed by atoms with Gasteiger partial charge in [-0.2, -0.15) is 0 Å². The molecular weight excluding hydrogens is 408 g/mol. The zero-order chi connectivity index (χ0) is 23.2. The zero-order valence-corrected chi connectivity index (χ0v) is 20.9. The smallest absolute Gasteiger partial charge is 0.250 e. The van der Waals surface area contributed by atoms with E-state index in [2.05, 4.69) is 47.7 Å². The fourth-order valence-corrected chi connectivity index (χ4v) is 4.42. The van der Waals surface area contributed by atoms with Crippen LogP contribution in [-0.4, -0.2) is 31.9 Å². The first kappa shape index (κ1) is 23.2. The summed E-state index contributed by atoms with van der Waals surface area (Å²) in [6.07, 6.45) is 1.59. The number of benzene rings is 2. The Balaban J connectivity index is 2.25. The molecule has 2 aromatic carbocycles. The molecule has 1 aliphatic rings. The molecule has 3 rings (SSSR count). The lowest BCUT2D eigenvalue weighted by Gasteiger charge is -2.40. The normalized spacial score (nSPS) is 15.6. The summed E-state index contributed by atoms with van der Waals surface area (Å²) in [4.78, 5) is 13.4. The minimum Gasteiger partial charge on any atom is -0.539 e. The Morgan fingerprint density at radius 3 is 2.35 bits per heavy atom. The van der Waals surface area contributed by atoms with Gasteiger partial charge in [0.25, 0.3) is 8.32 Å². The topological polar surface area (TPSA) is 65.0 Å². The number of aryl methyl sites for hydroxylation is 1. The van der Waals surface area contributed by atoms with E-state index in [1.54, 1.807) is 18.2 Å². The maximum atomic E-state index is 13.4. The summed E-state index contributed by atoms with van der Waals surface area (Å²) in [5.74, 6) is 1.15. The summed E-state index contributed by atoms with van der Waals surface area (Å²) in [6.45, 7) is 14.9. The average Bonchev–Trinajstić information content (AvgIpc) is 2.66. The van der Waals surface area contributed by atoms with E-state index in [1.807, 2.05) is 6.07 Å². The number of ketones is 1. The number of aromatic hydroxyl groups is 1. The van der Waals surface area contributed by atoms with Gasteiger partial charge in [-0.3, -0.25) is 4.79 Å². The molecule has 2 aromatic rings. The van der Waals surface area contributed by atoms with Crippen molar-refractivity contribution in [2.75, 3.05) is 7.11 Å². The van der Waals surface area contributed by atoms with E-state index in [-0.39, 0.29) is 27.7 Å². The van der Waals surface area contributed by atoms with Crippen molar-refractivity contribution in [3.8, 4) is 23.0 Å². The first-order valence-corrected chi connectivity index (χ1v) is 13.6. The first-order valence-electron chi connectivity index (χ1n) is 10.7. The molecule has 0 aliphatic carbocycles. The lowest BCUT2D eigenvalue weighted by Crippen LogP contribution is -2.44. The van der Waals surface area contributed by atoms with Crippen molar-refractivity contribution in [2.45, 2.75) is 71.2 Å². The van der Waals surface area contributed by atoms with Crippen LogP contribution in [0.15, 0.2) is 30.3 Å². The van der Waals surface area contributed by atoms with E-state index in [4.69, 9.17) is 13.9 Å². The number of carbonyl (C=O) groups is 1. The van der Waals surface area contributed by atoms with Crippen LogP contribution in [0.1, 0.15) is 62.5 Å². The number of phenolic OH excluding ortho intramolecular Hbond substituents is 1. The Bertz CT molecular complexity index is 1000. The molecule has 0 fully saturated rings. The Morgan fingerprint density at radius 2 is 1.77 bits per heavy atom. The standard InChI is InChI=1S/C25H34O5Si/c1-24(2,3)31(7,8)30-23-21-16(13-14-25(4,5)29-21)15-18(22(23)28-6)20(27)17-11-9-10-12-19(17)26/h9-12,15,26H,13-14H2,1-8H3. The number of fused-ring (bicyclic) bond motifs is 1. The van der Waals surface area contributed by atoms with Gasteiger partial charge in [0.1, 0.15) is 11.4 Å². The van der Waals surface area contributed by atoms with Crippen molar-refractivity contribution >= 4 is 14.1 Å². The molecule has 0 atom stereocenters. The molecule has 0 saturated carbocycles. The van der Waals surface area contributed by atoms with Crippen LogP contribution in [0.25, 0.3) is 0 Å². The van der Waals surface area contributed by atoms with Crippen LogP contribution in [0.2, 0.25) is 18.1 Å². The van der Waals surface area contributed by atoms with Crippen LogP contribution in [-0.2, 0) is 6.42 Å². The predicted molar refractivity (Wildman–Crippen MR) is 125 cm³/mol. The highest BCUT2D eigenvalue weighted by Crippen LogP contribution is 2.51. The summed E-state index contributed by atoms with van der Waals surface area (Å²) >= 11 is 0. The number of methoxy groups -OCH3 is 1. The Labute approximate surface area is 186 Å². The summed E-state index contributed by atoms with van der Waals surface area (Å²) in [6, 6.07) is 8.38. The van der Waals surface area contributed by atoms with E-state index in [9.17, 15) is 9.90 Å². The Kier molecular flexibility index (Phi) is 5.91. The fraction of sp³-hybridized carbons (Fsp3) is 0.480. The number of ether oxygens (including phenoxy) is 2. The second kappa shape index (κ2) is 7.90. The predicted octanol–water partition coefficient (Wildman–Crippen LogP) is 6.12. The van der Waals surface area contributed by atoms with Crippen molar-refractivity contribution in [1.82, 2.24) is 0 Å². The highest BCUT2D eigenvalue weighted by atomic mass is 28.4. The van der Waals surface area contributed by atoms with Gasteiger partial charge in [-0.1, -0.05) is 32.9 Å².